The van der Waals surface area contributed by atoms with Crippen LogP contribution in [0.4, 0.5) is 0 Å². The molecule has 0 fully saturated rings. The first-order valence-electron chi connectivity index (χ1n) is 5.20. The van der Waals surface area contributed by atoms with Gasteiger partial charge in [-0.05, 0) is 66.1 Å². The smallest absolute Gasteiger partial charge is 0.338 e. The highest BCUT2D eigenvalue weighted by Crippen LogP contribution is 2.15. The van der Waals surface area contributed by atoms with Gasteiger partial charge in [0.25, 0.3) is 0 Å². The van der Waals surface area contributed by atoms with E-state index in [1.54, 1.807) is 6.92 Å². The molecule has 0 saturated heterocycles. The maximum Gasteiger partial charge on any atom is 0.338 e. The van der Waals surface area contributed by atoms with Gasteiger partial charge in [0.05, 0.1) is 12.2 Å². The summed E-state index contributed by atoms with van der Waals surface area (Å²) in [6.07, 6.45) is 1.82. The van der Waals surface area contributed by atoms with E-state index in [0.29, 0.717) is 18.1 Å². The summed E-state index contributed by atoms with van der Waals surface area (Å²) in [5.74, 6) is 0.383. The van der Waals surface area contributed by atoms with Crippen LogP contribution in [0.25, 0.3) is 0 Å². The minimum absolute atomic E-state index is 0.256. The van der Waals surface area contributed by atoms with Crippen molar-refractivity contribution in [2.45, 2.75) is 19.8 Å². The Labute approximate surface area is 114 Å². The van der Waals surface area contributed by atoms with Gasteiger partial charge in [-0.2, -0.15) is 0 Å². The van der Waals surface area contributed by atoms with Crippen LogP contribution in [0.15, 0.2) is 18.2 Å². The molecule has 0 aliphatic rings. The molecule has 0 aliphatic carbocycles. The van der Waals surface area contributed by atoms with Crippen LogP contribution < -0.4 is 0 Å². The Bertz CT molecular complexity index is 366. The van der Waals surface area contributed by atoms with E-state index in [1.165, 1.54) is 0 Å². The minimum atomic E-state index is -0.256. The van der Waals surface area contributed by atoms with Crippen molar-refractivity contribution in [1.82, 2.24) is 0 Å². The lowest BCUT2D eigenvalue weighted by Crippen LogP contribution is -2.05. The van der Waals surface area contributed by atoms with Crippen LogP contribution in [-0.4, -0.2) is 18.5 Å². The van der Waals surface area contributed by atoms with E-state index in [2.05, 4.69) is 28.7 Å². The maximum atomic E-state index is 11.6. The zero-order chi connectivity index (χ0) is 12.0. The molecule has 4 heteroatoms. The summed E-state index contributed by atoms with van der Waals surface area (Å²) in [4.78, 5) is 11.6. The Morgan fingerprint density at radius 1 is 1.44 bits per heavy atom. The predicted octanol–water partition coefficient (Wildman–Crippen LogP) is 3.64. The van der Waals surface area contributed by atoms with Gasteiger partial charge in [-0.25, -0.2) is 4.79 Å². The molecule has 0 saturated carbocycles. The molecule has 0 heterocycles. The first kappa shape index (κ1) is 13.8. The van der Waals surface area contributed by atoms with Gasteiger partial charge in [0, 0.05) is 9.45 Å². The first-order valence-corrected chi connectivity index (χ1v) is 6.81. The Morgan fingerprint density at radius 2 is 2.19 bits per heavy atom. The van der Waals surface area contributed by atoms with Gasteiger partial charge in [0.2, 0.25) is 0 Å². The molecule has 0 bridgehead atoms. The van der Waals surface area contributed by atoms with Crippen molar-refractivity contribution >= 4 is 40.2 Å². The van der Waals surface area contributed by atoms with Crippen LogP contribution in [0.2, 0.25) is 0 Å². The number of benzene rings is 1. The number of esters is 1. The molecule has 0 aliphatic heterocycles. The molecule has 0 atom stereocenters. The van der Waals surface area contributed by atoms with E-state index >= 15 is 0 Å². The monoisotopic (exact) mass is 352 g/mol. The average Bonchev–Trinajstić information content (AvgIpc) is 2.26. The SMILES string of the molecule is CCOC(=O)c1cc(I)cc(CCCCl)c1. The fourth-order valence-corrected chi connectivity index (χ4v) is 2.27. The summed E-state index contributed by atoms with van der Waals surface area (Å²) < 4.78 is 6.02. The second kappa shape index (κ2) is 7.12. The van der Waals surface area contributed by atoms with E-state index < -0.39 is 0 Å². The molecule has 0 amide bonds. The molecule has 1 aromatic rings. The number of rotatable bonds is 5. The summed E-state index contributed by atoms with van der Waals surface area (Å²) in [5, 5.41) is 0. The van der Waals surface area contributed by atoms with Crippen molar-refractivity contribution < 1.29 is 9.53 Å². The summed E-state index contributed by atoms with van der Waals surface area (Å²) in [7, 11) is 0. The lowest BCUT2D eigenvalue weighted by atomic mass is 10.1. The number of hydrogen-bond donors (Lipinski definition) is 0. The van der Waals surface area contributed by atoms with Crippen molar-refractivity contribution in [2.24, 2.45) is 0 Å². The van der Waals surface area contributed by atoms with Crippen LogP contribution >= 0.6 is 34.2 Å². The quantitative estimate of drug-likeness (QED) is 0.459. The fraction of sp³-hybridized carbons (Fsp3) is 0.417. The van der Waals surface area contributed by atoms with Crippen LogP contribution in [-0.2, 0) is 11.2 Å². The summed E-state index contributed by atoms with van der Waals surface area (Å²) >= 11 is 7.85. The highest BCUT2D eigenvalue weighted by atomic mass is 127. The van der Waals surface area contributed by atoms with E-state index in [-0.39, 0.29) is 5.97 Å². The van der Waals surface area contributed by atoms with Crippen molar-refractivity contribution in [3.63, 3.8) is 0 Å². The Balaban J connectivity index is 2.84. The number of carbonyl (C=O) groups excluding carboxylic acids is 1. The molecule has 0 N–H and O–H groups in total. The van der Waals surface area contributed by atoms with Crippen LogP contribution in [0.1, 0.15) is 29.3 Å². The zero-order valence-corrected chi connectivity index (χ0v) is 12.0. The molecule has 1 aromatic carbocycles. The van der Waals surface area contributed by atoms with Gasteiger partial charge in [0.15, 0.2) is 0 Å². The third-order valence-corrected chi connectivity index (χ3v) is 2.96. The Hall–Kier alpha value is -0.290. The summed E-state index contributed by atoms with van der Waals surface area (Å²) in [5.41, 5.74) is 1.76. The first-order chi connectivity index (χ1) is 7.67. The molecular formula is C12H14ClIO2. The van der Waals surface area contributed by atoms with Crippen molar-refractivity contribution in [2.75, 3.05) is 12.5 Å². The van der Waals surface area contributed by atoms with Gasteiger partial charge in [0.1, 0.15) is 0 Å². The van der Waals surface area contributed by atoms with E-state index in [1.807, 2.05) is 12.1 Å². The molecule has 88 valence electrons. The number of halogens is 2. The highest BCUT2D eigenvalue weighted by molar-refractivity contribution is 14.1. The largest absolute Gasteiger partial charge is 0.462 e. The second-order valence-electron chi connectivity index (χ2n) is 3.36. The van der Waals surface area contributed by atoms with Crippen molar-refractivity contribution in [3.05, 3.63) is 32.9 Å². The predicted molar refractivity (Wildman–Crippen MR) is 74.2 cm³/mol. The maximum absolute atomic E-state index is 11.6. The molecule has 0 spiro atoms. The van der Waals surface area contributed by atoms with Gasteiger partial charge in [-0.3, -0.25) is 0 Å². The number of ether oxygens (including phenoxy) is 1. The third kappa shape index (κ3) is 4.29. The van der Waals surface area contributed by atoms with Gasteiger partial charge >= 0.3 is 5.97 Å². The third-order valence-electron chi connectivity index (χ3n) is 2.07. The lowest BCUT2D eigenvalue weighted by Gasteiger charge is -2.06. The fourth-order valence-electron chi connectivity index (χ4n) is 1.40. The highest BCUT2D eigenvalue weighted by Gasteiger charge is 2.08. The van der Waals surface area contributed by atoms with Crippen molar-refractivity contribution in [1.29, 1.82) is 0 Å². The van der Waals surface area contributed by atoms with E-state index in [9.17, 15) is 4.79 Å². The molecule has 16 heavy (non-hydrogen) atoms. The number of alkyl halides is 1. The van der Waals surface area contributed by atoms with Crippen LogP contribution in [0.3, 0.4) is 0 Å². The summed E-state index contributed by atoms with van der Waals surface area (Å²) in [6, 6.07) is 5.78. The minimum Gasteiger partial charge on any atom is -0.462 e. The molecule has 1 rings (SSSR count). The Kier molecular flexibility index (Phi) is 6.13. The van der Waals surface area contributed by atoms with E-state index in [4.69, 9.17) is 16.3 Å². The molecular weight excluding hydrogens is 338 g/mol. The molecule has 0 aromatic heterocycles. The normalized spacial score (nSPS) is 10.2. The summed E-state index contributed by atoms with van der Waals surface area (Å²) in [6.45, 7) is 2.21. The van der Waals surface area contributed by atoms with E-state index in [0.717, 1.165) is 22.0 Å². The van der Waals surface area contributed by atoms with Gasteiger partial charge < -0.3 is 4.74 Å². The lowest BCUT2D eigenvalue weighted by molar-refractivity contribution is 0.0526. The molecule has 0 unspecified atom stereocenters. The average molecular weight is 353 g/mol. The van der Waals surface area contributed by atoms with Crippen LogP contribution in [0, 0.1) is 3.57 Å². The van der Waals surface area contributed by atoms with Crippen LogP contribution in [0.5, 0.6) is 0 Å². The zero-order valence-electron chi connectivity index (χ0n) is 9.13. The standard InChI is InChI=1S/C12H14ClIO2/c1-2-16-12(15)10-6-9(4-3-5-13)7-11(14)8-10/h6-8H,2-5H2,1H3. The number of hydrogen-bond acceptors (Lipinski definition) is 2. The van der Waals surface area contributed by atoms with Gasteiger partial charge in [-0.15, -0.1) is 11.6 Å². The topological polar surface area (TPSA) is 26.3 Å². The van der Waals surface area contributed by atoms with Crippen molar-refractivity contribution in [3.8, 4) is 0 Å². The second-order valence-corrected chi connectivity index (χ2v) is 4.98. The Morgan fingerprint density at radius 3 is 2.81 bits per heavy atom. The molecule has 0 radical (unpaired) electrons. The number of carbonyl (C=O) groups is 1. The van der Waals surface area contributed by atoms with Gasteiger partial charge in [-0.1, -0.05) is 0 Å². The number of aryl methyl sites for hydroxylation is 1. The molecule has 2 nitrogen and oxygen atoms in total.